The van der Waals surface area contributed by atoms with Gasteiger partial charge in [-0.1, -0.05) is 6.07 Å². The molecule has 1 aliphatic heterocycles. The summed E-state index contributed by atoms with van der Waals surface area (Å²) in [6.45, 7) is 2.46. The van der Waals surface area contributed by atoms with Crippen LogP contribution in [0.25, 0.3) is 0 Å². The number of morpholine rings is 1. The van der Waals surface area contributed by atoms with E-state index in [1.807, 2.05) is 24.4 Å². The van der Waals surface area contributed by atoms with E-state index in [-0.39, 0.29) is 30.9 Å². The fourth-order valence-corrected chi connectivity index (χ4v) is 1.34. The zero-order valence-corrected chi connectivity index (χ0v) is 9.31. The highest BCUT2D eigenvalue weighted by Crippen LogP contribution is 2.11. The van der Waals surface area contributed by atoms with Crippen molar-refractivity contribution in [2.75, 3.05) is 19.8 Å². The summed E-state index contributed by atoms with van der Waals surface area (Å²) < 4.78 is 5.33. The van der Waals surface area contributed by atoms with Gasteiger partial charge in [-0.3, -0.25) is 4.98 Å². The van der Waals surface area contributed by atoms with Crippen molar-refractivity contribution >= 4 is 24.8 Å². The van der Waals surface area contributed by atoms with Crippen LogP contribution < -0.4 is 5.32 Å². The number of nitrogens with zero attached hydrogens (tertiary/aromatic N) is 1. The number of aromatic nitrogens is 1. The van der Waals surface area contributed by atoms with Gasteiger partial charge >= 0.3 is 0 Å². The van der Waals surface area contributed by atoms with Gasteiger partial charge in [0.1, 0.15) is 0 Å². The summed E-state index contributed by atoms with van der Waals surface area (Å²) in [7, 11) is 0. The van der Waals surface area contributed by atoms with E-state index >= 15 is 0 Å². The second-order valence-corrected chi connectivity index (χ2v) is 2.84. The Morgan fingerprint density at radius 2 is 2.21 bits per heavy atom. The lowest BCUT2D eigenvalue weighted by Crippen LogP contribution is -2.34. The Kier molecular flexibility index (Phi) is 6.83. The molecule has 0 aliphatic carbocycles. The number of ether oxygens (including phenoxy) is 1. The van der Waals surface area contributed by atoms with E-state index in [1.165, 1.54) is 0 Å². The van der Waals surface area contributed by atoms with Crippen molar-refractivity contribution in [1.82, 2.24) is 10.3 Å². The Balaban J connectivity index is 0.000000845. The van der Waals surface area contributed by atoms with Crippen LogP contribution in [0.1, 0.15) is 11.7 Å². The molecule has 14 heavy (non-hydrogen) atoms. The lowest BCUT2D eigenvalue weighted by atomic mass is 10.2. The van der Waals surface area contributed by atoms with Crippen LogP contribution in [-0.2, 0) is 4.74 Å². The van der Waals surface area contributed by atoms with Crippen LogP contribution in [0, 0.1) is 0 Å². The smallest absolute Gasteiger partial charge is 0.0733 e. The van der Waals surface area contributed by atoms with E-state index in [2.05, 4.69) is 10.3 Å². The minimum absolute atomic E-state index is 0. The first-order valence-electron chi connectivity index (χ1n) is 4.19. The Labute approximate surface area is 96.1 Å². The molecule has 0 spiro atoms. The van der Waals surface area contributed by atoms with Crippen molar-refractivity contribution in [2.45, 2.75) is 6.04 Å². The molecule has 5 heteroatoms. The zero-order valence-electron chi connectivity index (χ0n) is 7.68. The van der Waals surface area contributed by atoms with E-state index in [4.69, 9.17) is 4.74 Å². The second kappa shape index (κ2) is 7.01. The maximum atomic E-state index is 5.33. The van der Waals surface area contributed by atoms with Gasteiger partial charge in [-0.2, -0.15) is 0 Å². The fourth-order valence-electron chi connectivity index (χ4n) is 1.34. The molecule has 1 aromatic heterocycles. The van der Waals surface area contributed by atoms with Crippen LogP contribution in [-0.4, -0.2) is 24.7 Å². The molecule has 0 bridgehead atoms. The molecule has 1 saturated heterocycles. The van der Waals surface area contributed by atoms with Crippen LogP contribution in [0.15, 0.2) is 24.4 Å². The SMILES string of the molecule is Cl.Cl.c1ccc([C@@H]2COCCN2)nc1. The van der Waals surface area contributed by atoms with Gasteiger partial charge in [0.25, 0.3) is 0 Å². The average Bonchev–Trinajstić information content (AvgIpc) is 2.21. The lowest BCUT2D eigenvalue weighted by Gasteiger charge is -2.22. The van der Waals surface area contributed by atoms with E-state index in [0.717, 1.165) is 25.5 Å². The predicted molar refractivity (Wildman–Crippen MR) is 60.3 cm³/mol. The molecule has 0 amide bonds. The van der Waals surface area contributed by atoms with Gasteiger partial charge in [0.15, 0.2) is 0 Å². The number of hydrogen-bond acceptors (Lipinski definition) is 3. The molecule has 3 nitrogen and oxygen atoms in total. The molecule has 1 N–H and O–H groups in total. The van der Waals surface area contributed by atoms with Crippen LogP contribution >= 0.6 is 24.8 Å². The third kappa shape index (κ3) is 3.42. The van der Waals surface area contributed by atoms with Gasteiger partial charge in [-0.15, -0.1) is 24.8 Å². The van der Waals surface area contributed by atoms with Crippen LogP contribution in [0.5, 0.6) is 0 Å². The summed E-state index contributed by atoms with van der Waals surface area (Å²) in [4.78, 5) is 4.26. The number of nitrogens with one attached hydrogen (secondary N) is 1. The van der Waals surface area contributed by atoms with Gasteiger partial charge in [0, 0.05) is 12.7 Å². The van der Waals surface area contributed by atoms with Crippen molar-refractivity contribution in [3.05, 3.63) is 30.1 Å². The minimum atomic E-state index is 0. The highest BCUT2D eigenvalue weighted by molar-refractivity contribution is 5.85. The maximum Gasteiger partial charge on any atom is 0.0733 e. The fraction of sp³-hybridized carbons (Fsp3) is 0.444. The van der Waals surface area contributed by atoms with Gasteiger partial charge < -0.3 is 10.1 Å². The number of halogens is 2. The summed E-state index contributed by atoms with van der Waals surface area (Å²) >= 11 is 0. The highest BCUT2D eigenvalue weighted by Gasteiger charge is 2.15. The van der Waals surface area contributed by atoms with Crippen molar-refractivity contribution in [3.63, 3.8) is 0 Å². The molecule has 1 atom stereocenters. The summed E-state index contributed by atoms with van der Waals surface area (Å²) in [5.41, 5.74) is 1.07. The van der Waals surface area contributed by atoms with Crippen LogP contribution in [0.4, 0.5) is 0 Å². The first kappa shape index (κ1) is 13.7. The quantitative estimate of drug-likeness (QED) is 0.805. The average molecular weight is 237 g/mol. The van der Waals surface area contributed by atoms with Crippen molar-refractivity contribution in [3.8, 4) is 0 Å². The van der Waals surface area contributed by atoms with Gasteiger partial charge in [0.05, 0.1) is 24.9 Å². The van der Waals surface area contributed by atoms with E-state index in [9.17, 15) is 0 Å². The summed E-state index contributed by atoms with van der Waals surface area (Å²) in [6, 6.07) is 6.22. The standard InChI is InChI=1S/C9H12N2O.2ClH/c1-2-4-10-8(3-1)9-7-12-6-5-11-9;;/h1-4,9,11H,5-7H2;2*1H/t9-;;/m0../s1. The molecular weight excluding hydrogens is 223 g/mol. The third-order valence-electron chi connectivity index (χ3n) is 1.97. The Morgan fingerprint density at radius 3 is 2.79 bits per heavy atom. The largest absolute Gasteiger partial charge is 0.378 e. The third-order valence-corrected chi connectivity index (χ3v) is 1.97. The van der Waals surface area contributed by atoms with Crippen molar-refractivity contribution in [1.29, 1.82) is 0 Å². The minimum Gasteiger partial charge on any atom is -0.378 e. The Bertz CT molecular complexity index is 240. The molecule has 0 unspecified atom stereocenters. The molecule has 2 heterocycles. The van der Waals surface area contributed by atoms with E-state index in [0.29, 0.717) is 0 Å². The van der Waals surface area contributed by atoms with E-state index < -0.39 is 0 Å². The molecular formula is C9H14Cl2N2O. The predicted octanol–water partition coefficient (Wildman–Crippen LogP) is 1.59. The van der Waals surface area contributed by atoms with Crippen molar-refractivity contribution < 1.29 is 4.74 Å². The summed E-state index contributed by atoms with van der Waals surface area (Å²) in [5, 5.41) is 3.35. The highest BCUT2D eigenvalue weighted by atomic mass is 35.5. The number of pyridine rings is 1. The lowest BCUT2D eigenvalue weighted by molar-refractivity contribution is 0.0756. The van der Waals surface area contributed by atoms with Gasteiger partial charge in [0.2, 0.25) is 0 Å². The molecule has 1 aliphatic rings. The zero-order chi connectivity index (χ0) is 8.23. The van der Waals surface area contributed by atoms with Gasteiger partial charge in [-0.05, 0) is 12.1 Å². The molecule has 0 radical (unpaired) electrons. The first-order valence-corrected chi connectivity index (χ1v) is 4.19. The van der Waals surface area contributed by atoms with Gasteiger partial charge in [-0.25, -0.2) is 0 Å². The first-order chi connectivity index (χ1) is 5.97. The molecule has 2 rings (SSSR count). The normalized spacial score (nSPS) is 20.4. The molecule has 0 aromatic carbocycles. The number of rotatable bonds is 1. The van der Waals surface area contributed by atoms with E-state index in [1.54, 1.807) is 0 Å². The maximum absolute atomic E-state index is 5.33. The Morgan fingerprint density at radius 1 is 1.36 bits per heavy atom. The molecule has 1 aromatic rings. The van der Waals surface area contributed by atoms with Crippen molar-refractivity contribution in [2.24, 2.45) is 0 Å². The topological polar surface area (TPSA) is 34.1 Å². The van der Waals surface area contributed by atoms with Crippen LogP contribution in [0.3, 0.4) is 0 Å². The molecule has 0 saturated carbocycles. The Hall–Kier alpha value is -0.350. The van der Waals surface area contributed by atoms with Crippen LogP contribution in [0.2, 0.25) is 0 Å². The summed E-state index contributed by atoms with van der Waals surface area (Å²) in [5.74, 6) is 0. The number of hydrogen-bond donors (Lipinski definition) is 1. The molecule has 1 fully saturated rings. The monoisotopic (exact) mass is 236 g/mol. The molecule has 80 valence electrons. The summed E-state index contributed by atoms with van der Waals surface area (Å²) in [6.07, 6.45) is 1.81. The second-order valence-electron chi connectivity index (χ2n) is 2.84.